The van der Waals surface area contributed by atoms with Crippen LogP contribution in [0.3, 0.4) is 0 Å². The predicted octanol–water partition coefficient (Wildman–Crippen LogP) is 5.40. The van der Waals surface area contributed by atoms with Gasteiger partial charge in [0.05, 0.1) is 5.56 Å². The molecular weight excluding hydrogens is 445 g/mol. The fraction of sp³-hybridized carbons (Fsp3) is 0.435. The van der Waals surface area contributed by atoms with Gasteiger partial charge in [0.25, 0.3) is 0 Å². The van der Waals surface area contributed by atoms with Gasteiger partial charge in [0.2, 0.25) is 5.91 Å². The second-order valence-electron chi connectivity index (χ2n) is 7.69. The highest BCUT2D eigenvalue weighted by Gasteiger charge is 2.30. The molecule has 1 amide bonds. The Kier molecular flexibility index (Phi) is 9.65. The molecule has 9 heteroatoms. The molecule has 2 aromatic carbocycles. The molecule has 0 fully saturated rings. The Morgan fingerprint density at radius 3 is 2.44 bits per heavy atom. The number of para-hydroxylation sites is 2. The molecule has 1 heterocycles. The molecule has 5 nitrogen and oxygen atoms in total. The molecule has 0 spiro atoms. The van der Waals surface area contributed by atoms with Gasteiger partial charge in [-0.1, -0.05) is 18.6 Å². The largest absolute Gasteiger partial charge is 0.486 e. The fourth-order valence-corrected chi connectivity index (χ4v) is 3.40. The number of hydrogen-bond acceptors (Lipinski definition) is 4. The van der Waals surface area contributed by atoms with Crippen molar-refractivity contribution in [3.63, 3.8) is 0 Å². The van der Waals surface area contributed by atoms with Crippen LogP contribution in [0.4, 0.5) is 18.9 Å². The first-order chi connectivity index (χ1) is 14.8. The smallest absolute Gasteiger partial charge is 0.416 e. The Balaban J connectivity index is 0.00000363. The van der Waals surface area contributed by atoms with Crippen molar-refractivity contribution in [1.82, 2.24) is 4.90 Å². The normalized spacial score (nSPS) is 15.2. The molecule has 1 N–H and O–H groups in total. The summed E-state index contributed by atoms with van der Waals surface area (Å²) in [5.41, 5.74) is -0.363. The van der Waals surface area contributed by atoms with Crippen LogP contribution in [0.5, 0.6) is 11.5 Å². The molecule has 0 saturated heterocycles. The molecule has 0 aliphatic carbocycles. The van der Waals surface area contributed by atoms with Crippen LogP contribution in [0.1, 0.15) is 31.2 Å². The average molecular weight is 473 g/mol. The number of halogens is 4. The Morgan fingerprint density at radius 1 is 1.06 bits per heavy atom. The number of hydrogen-bond donors (Lipinski definition) is 1. The number of amides is 1. The van der Waals surface area contributed by atoms with Gasteiger partial charge in [-0.2, -0.15) is 13.2 Å². The quantitative estimate of drug-likeness (QED) is 0.497. The summed E-state index contributed by atoms with van der Waals surface area (Å²) in [6.45, 7) is 2.15. The maximum atomic E-state index is 12.6. The zero-order valence-electron chi connectivity index (χ0n) is 17.9. The number of likely N-dealkylation sites (N-methyl/N-ethyl adjacent to an activating group) is 1. The standard InChI is InChI=1S/C23H27F3N2O3.ClH/c1-28(15-19-16-30-20-7-4-5-8-21(20)31-19)14-6-2-3-9-22(29)27-18-12-10-17(11-13-18)23(24,25)26;/h4-5,7-8,10-13,19H,2-3,6,9,14-16H2,1H3,(H,27,29);1H. The molecule has 0 bridgehead atoms. The first-order valence-corrected chi connectivity index (χ1v) is 10.4. The van der Waals surface area contributed by atoms with Crippen molar-refractivity contribution in [3.05, 3.63) is 54.1 Å². The van der Waals surface area contributed by atoms with Crippen LogP contribution in [-0.4, -0.2) is 43.7 Å². The summed E-state index contributed by atoms with van der Waals surface area (Å²) in [6.07, 6.45) is -1.52. The lowest BCUT2D eigenvalue weighted by Crippen LogP contribution is -2.39. The SMILES string of the molecule is CN(CCCCCC(=O)Nc1ccc(C(F)(F)F)cc1)CC1COc2ccccc2O1.Cl. The maximum Gasteiger partial charge on any atom is 0.416 e. The monoisotopic (exact) mass is 472 g/mol. The number of ether oxygens (including phenoxy) is 2. The molecule has 0 radical (unpaired) electrons. The number of unbranched alkanes of at least 4 members (excludes halogenated alkanes) is 2. The molecule has 0 saturated carbocycles. The van der Waals surface area contributed by atoms with Crippen LogP contribution < -0.4 is 14.8 Å². The fourth-order valence-electron chi connectivity index (χ4n) is 3.40. The highest BCUT2D eigenvalue weighted by Crippen LogP contribution is 2.31. The van der Waals surface area contributed by atoms with Crippen molar-refractivity contribution < 1.29 is 27.4 Å². The van der Waals surface area contributed by atoms with E-state index in [0.717, 1.165) is 56.0 Å². The van der Waals surface area contributed by atoms with Gasteiger partial charge >= 0.3 is 6.18 Å². The van der Waals surface area contributed by atoms with Crippen molar-refractivity contribution in [2.24, 2.45) is 0 Å². The van der Waals surface area contributed by atoms with E-state index in [2.05, 4.69) is 10.2 Å². The van der Waals surface area contributed by atoms with Gasteiger partial charge in [0.15, 0.2) is 11.5 Å². The molecule has 176 valence electrons. The third-order valence-electron chi connectivity index (χ3n) is 5.02. The van der Waals surface area contributed by atoms with E-state index in [1.807, 2.05) is 31.3 Å². The van der Waals surface area contributed by atoms with Crippen LogP contribution in [-0.2, 0) is 11.0 Å². The number of anilines is 1. The van der Waals surface area contributed by atoms with Crippen molar-refractivity contribution >= 4 is 24.0 Å². The molecule has 0 aromatic heterocycles. The number of carbonyl (C=O) groups excluding carboxylic acids is 1. The predicted molar refractivity (Wildman–Crippen MR) is 120 cm³/mol. The van der Waals surface area contributed by atoms with E-state index in [1.165, 1.54) is 12.1 Å². The third-order valence-corrected chi connectivity index (χ3v) is 5.02. The lowest BCUT2D eigenvalue weighted by Gasteiger charge is -2.29. The number of rotatable bonds is 9. The van der Waals surface area contributed by atoms with Gasteiger partial charge in [-0.05, 0) is 62.8 Å². The Morgan fingerprint density at radius 2 is 1.75 bits per heavy atom. The third kappa shape index (κ3) is 7.91. The molecule has 1 aliphatic rings. The Bertz CT molecular complexity index is 862. The van der Waals surface area contributed by atoms with Gasteiger partial charge in [0, 0.05) is 18.7 Å². The van der Waals surface area contributed by atoms with E-state index in [9.17, 15) is 18.0 Å². The summed E-state index contributed by atoms with van der Waals surface area (Å²) in [6, 6.07) is 12.1. The van der Waals surface area contributed by atoms with Gasteiger partial charge in [-0.15, -0.1) is 12.4 Å². The molecule has 1 aliphatic heterocycles. The highest BCUT2D eigenvalue weighted by molar-refractivity contribution is 5.90. The number of benzene rings is 2. The van der Waals surface area contributed by atoms with Crippen molar-refractivity contribution in [2.75, 3.05) is 32.1 Å². The number of alkyl halides is 3. The van der Waals surface area contributed by atoms with E-state index in [1.54, 1.807) is 0 Å². The number of nitrogens with one attached hydrogen (secondary N) is 1. The summed E-state index contributed by atoms with van der Waals surface area (Å²) in [5, 5.41) is 2.64. The van der Waals surface area contributed by atoms with E-state index in [-0.39, 0.29) is 24.4 Å². The Hall–Kier alpha value is -2.45. The molecule has 1 unspecified atom stereocenters. The van der Waals surface area contributed by atoms with E-state index in [0.29, 0.717) is 18.7 Å². The lowest BCUT2D eigenvalue weighted by atomic mass is 10.1. The minimum atomic E-state index is -4.38. The summed E-state index contributed by atoms with van der Waals surface area (Å²) < 4.78 is 49.4. The van der Waals surface area contributed by atoms with Crippen molar-refractivity contribution in [1.29, 1.82) is 0 Å². The minimum Gasteiger partial charge on any atom is -0.486 e. The van der Waals surface area contributed by atoms with Gasteiger partial charge in [-0.3, -0.25) is 4.79 Å². The van der Waals surface area contributed by atoms with Crippen LogP contribution in [0.15, 0.2) is 48.5 Å². The number of fused-ring (bicyclic) bond motifs is 1. The zero-order chi connectivity index (χ0) is 22.3. The highest BCUT2D eigenvalue weighted by atomic mass is 35.5. The van der Waals surface area contributed by atoms with Gasteiger partial charge < -0.3 is 19.7 Å². The first kappa shape index (κ1) is 25.8. The van der Waals surface area contributed by atoms with Crippen LogP contribution >= 0.6 is 12.4 Å². The number of carbonyl (C=O) groups is 1. The summed E-state index contributed by atoms with van der Waals surface area (Å²) in [7, 11) is 2.03. The van der Waals surface area contributed by atoms with E-state index < -0.39 is 11.7 Å². The average Bonchev–Trinajstić information content (AvgIpc) is 2.73. The van der Waals surface area contributed by atoms with Gasteiger partial charge in [0.1, 0.15) is 12.7 Å². The van der Waals surface area contributed by atoms with E-state index >= 15 is 0 Å². The minimum absolute atomic E-state index is 0. The Labute approximate surface area is 192 Å². The summed E-state index contributed by atoms with van der Waals surface area (Å²) in [4.78, 5) is 14.2. The summed E-state index contributed by atoms with van der Waals surface area (Å²) >= 11 is 0. The van der Waals surface area contributed by atoms with Crippen molar-refractivity contribution in [2.45, 2.75) is 38.0 Å². The maximum absolute atomic E-state index is 12.6. The van der Waals surface area contributed by atoms with Crippen LogP contribution in [0.25, 0.3) is 0 Å². The topological polar surface area (TPSA) is 50.8 Å². The first-order valence-electron chi connectivity index (χ1n) is 10.4. The summed E-state index contributed by atoms with van der Waals surface area (Å²) in [5.74, 6) is 1.35. The molecule has 3 rings (SSSR count). The number of nitrogens with zero attached hydrogens (tertiary/aromatic N) is 1. The molecule has 32 heavy (non-hydrogen) atoms. The zero-order valence-corrected chi connectivity index (χ0v) is 18.7. The molecule has 1 atom stereocenters. The molecular formula is C23H28ClF3N2O3. The van der Waals surface area contributed by atoms with E-state index in [4.69, 9.17) is 9.47 Å². The lowest BCUT2D eigenvalue weighted by molar-refractivity contribution is -0.137. The van der Waals surface area contributed by atoms with Crippen LogP contribution in [0.2, 0.25) is 0 Å². The van der Waals surface area contributed by atoms with Crippen molar-refractivity contribution in [3.8, 4) is 11.5 Å². The van der Waals surface area contributed by atoms with Gasteiger partial charge in [-0.25, -0.2) is 0 Å². The second kappa shape index (κ2) is 12.0. The van der Waals surface area contributed by atoms with Crippen LogP contribution in [0, 0.1) is 0 Å². The second-order valence-corrected chi connectivity index (χ2v) is 7.69. The molecule has 2 aromatic rings.